The molecule has 8 aromatic rings. The maximum atomic E-state index is 6.50. The fourth-order valence-electron chi connectivity index (χ4n) is 8.30. The molecule has 0 radical (unpaired) electrons. The summed E-state index contributed by atoms with van der Waals surface area (Å²) in [6.07, 6.45) is 0. The Balaban J connectivity index is 1.31. The smallest absolute Gasteiger partial charge is 0.135 e. The van der Waals surface area contributed by atoms with Gasteiger partial charge >= 0.3 is 0 Å². The van der Waals surface area contributed by atoms with Gasteiger partial charge in [0.15, 0.2) is 0 Å². The van der Waals surface area contributed by atoms with Crippen molar-refractivity contribution in [3.05, 3.63) is 192 Å². The second-order valence-corrected chi connectivity index (χ2v) is 12.4. The number of ether oxygens (including phenoxy) is 1. The van der Waals surface area contributed by atoms with Crippen LogP contribution < -0.4 is 4.74 Å². The molecule has 1 aliphatic heterocycles. The lowest BCUT2D eigenvalue weighted by Gasteiger charge is -2.36. The van der Waals surface area contributed by atoms with Crippen molar-refractivity contribution in [3.63, 3.8) is 0 Å². The number of hydrogen-bond acceptors (Lipinski definition) is 1. The first-order valence-electron chi connectivity index (χ1n) is 15.9. The van der Waals surface area contributed by atoms with Crippen LogP contribution in [-0.2, 0) is 5.41 Å². The Bertz CT molecular complexity index is 2500. The summed E-state index contributed by atoms with van der Waals surface area (Å²) < 4.78 is 6.50. The molecule has 1 atom stereocenters. The van der Waals surface area contributed by atoms with E-state index in [9.17, 15) is 0 Å². The van der Waals surface area contributed by atoms with Crippen LogP contribution in [0.15, 0.2) is 170 Å². The maximum absolute atomic E-state index is 6.50. The summed E-state index contributed by atoms with van der Waals surface area (Å²) in [5.74, 6) is 1.82. The van der Waals surface area contributed by atoms with Gasteiger partial charge in [-0.1, -0.05) is 152 Å². The fraction of sp³-hybridized carbons (Fsp3) is 0.0222. The lowest BCUT2D eigenvalue weighted by Crippen LogP contribution is -2.29. The Morgan fingerprint density at radius 2 is 1.07 bits per heavy atom. The average molecular weight is 585 g/mol. The van der Waals surface area contributed by atoms with Crippen LogP contribution in [0.4, 0.5) is 0 Å². The van der Waals surface area contributed by atoms with Crippen molar-refractivity contribution in [1.82, 2.24) is 0 Å². The van der Waals surface area contributed by atoms with Crippen molar-refractivity contribution >= 4 is 21.5 Å². The lowest BCUT2D eigenvalue weighted by molar-refractivity contribution is 0.487. The highest BCUT2D eigenvalue weighted by atomic mass is 16.5. The summed E-state index contributed by atoms with van der Waals surface area (Å²) in [4.78, 5) is 0. The molecule has 0 N–H and O–H groups in total. The highest BCUT2D eigenvalue weighted by molar-refractivity contribution is 6.05. The Morgan fingerprint density at radius 3 is 1.93 bits per heavy atom. The first kappa shape index (κ1) is 25.4. The van der Waals surface area contributed by atoms with Gasteiger partial charge < -0.3 is 4.74 Å². The molecule has 0 amide bonds. The van der Waals surface area contributed by atoms with Gasteiger partial charge in [0.1, 0.15) is 11.5 Å². The van der Waals surface area contributed by atoms with Gasteiger partial charge in [-0.25, -0.2) is 0 Å². The number of hydrogen-bond donors (Lipinski definition) is 0. The molecule has 8 aromatic carbocycles. The molecule has 10 rings (SSSR count). The Labute approximate surface area is 268 Å². The molecule has 1 nitrogen and oxygen atoms in total. The van der Waals surface area contributed by atoms with Crippen LogP contribution in [0.25, 0.3) is 54.9 Å². The molecule has 1 aliphatic carbocycles. The van der Waals surface area contributed by atoms with E-state index in [0.717, 1.165) is 17.1 Å². The average Bonchev–Trinajstić information content (AvgIpc) is 3.44. The largest absolute Gasteiger partial charge is 0.456 e. The van der Waals surface area contributed by atoms with Crippen molar-refractivity contribution in [3.8, 4) is 44.9 Å². The SMILES string of the molecule is c1ccc(C2(c3ccccc3-c3ccc4c(c3)-c3cccc5cccc(c35)O4)c3ccccc3-c3ccc4ccccc4c32)cc1. The van der Waals surface area contributed by atoms with E-state index in [1.54, 1.807) is 0 Å². The minimum atomic E-state index is -0.524. The van der Waals surface area contributed by atoms with Crippen LogP contribution in [0.5, 0.6) is 11.5 Å². The predicted molar refractivity (Wildman–Crippen MR) is 190 cm³/mol. The van der Waals surface area contributed by atoms with Crippen LogP contribution in [0.2, 0.25) is 0 Å². The Hall–Kier alpha value is -5.92. The van der Waals surface area contributed by atoms with E-state index >= 15 is 0 Å². The van der Waals surface area contributed by atoms with Gasteiger partial charge in [-0.15, -0.1) is 0 Å². The fourth-order valence-corrected chi connectivity index (χ4v) is 8.30. The summed E-state index contributed by atoms with van der Waals surface area (Å²) in [5, 5.41) is 4.91. The van der Waals surface area contributed by atoms with E-state index in [4.69, 9.17) is 4.74 Å². The highest BCUT2D eigenvalue weighted by Gasteiger charge is 2.48. The number of benzene rings is 8. The van der Waals surface area contributed by atoms with Crippen molar-refractivity contribution in [2.24, 2.45) is 0 Å². The van der Waals surface area contributed by atoms with Gasteiger partial charge in [0, 0.05) is 10.9 Å². The molecule has 214 valence electrons. The third kappa shape index (κ3) is 3.35. The lowest BCUT2D eigenvalue weighted by atomic mass is 9.65. The molecular weight excluding hydrogens is 556 g/mol. The molecule has 0 saturated heterocycles. The van der Waals surface area contributed by atoms with E-state index < -0.39 is 5.41 Å². The molecule has 0 aromatic heterocycles. The first-order chi connectivity index (χ1) is 22.8. The van der Waals surface area contributed by atoms with Crippen LogP contribution in [0.3, 0.4) is 0 Å². The van der Waals surface area contributed by atoms with Crippen molar-refractivity contribution in [2.75, 3.05) is 0 Å². The molecule has 1 heterocycles. The van der Waals surface area contributed by atoms with Crippen LogP contribution in [0, 0.1) is 0 Å². The van der Waals surface area contributed by atoms with E-state index in [2.05, 4.69) is 170 Å². The molecule has 0 fully saturated rings. The molecule has 1 heteroatoms. The topological polar surface area (TPSA) is 9.23 Å². The number of fused-ring (bicyclic) bond motifs is 7. The monoisotopic (exact) mass is 584 g/mol. The Kier molecular flexibility index (Phi) is 5.27. The zero-order valence-electron chi connectivity index (χ0n) is 25.1. The molecule has 0 saturated carbocycles. The van der Waals surface area contributed by atoms with Crippen molar-refractivity contribution in [2.45, 2.75) is 5.41 Å². The molecule has 46 heavy (non-hydrogen) atoms. The molecule has 1 unspecified atom stereocenters. The molecule has 0 spiro atoms. The van der Waals surface area contributed by atoms with Crippen LogP contribution >= 0.6 is 0 Å². The summed E-state index contributed by atoms with van der Waals surface area (Å²) in [6.45, 7) is 0. The molecule has 0 bridgehead atoms. The van der Waals surface area contributed by atoms with E-state index in [-0.39, 0.29) is 0 Å². The minimum Gasteiger partial charge on any atom is -0.456 e. The van der Waals surface area contributed by atoms with Gasteiger partial charge in [-0.3, -0.25) is 0 Å². The predicted octanol–water partition coefficient (Wildman–Crippen LogP) is 11.8. The summed E-state index contributed by atoms with van der Waals surface area (Å²) >= 11 is 0. The van der Waals surface area contributed by atoms with Crippen molar-refractivity contribution < 1.29 is 4.74 Å². The first-order valence-corrected chi connectivity index (χ1v) is 15.9. The third-order valence-corrected chi connectivity index (χ3v) is 10.1. The van der Waals surface area contributed by atoms with Crippen LogP contribution in [0.1, 0.15) is 22.3 Å². The second kappa shape index (κ2) is 9.54. The zero-order chi connectivity index (χ0) is 30.2. The summed E-state index contributed by atoms with van der Waals surface area (Å²) in [6, 6.07) is 62.2. The minimum absolute atomic E-state index is 0.524. The molecular formula is C45H28O. The van der Waals surface area contributed by atoms with E-state index in [1.807, 2.05) is 0 Å². The van der Waals surface area contributed by atoms with Gasteiger partial charge in [-0.05, 0) is 84.4 Å². The van der Waals surface area contributed by atoms with Gasteiger partial charge in [0.25, 0.3) is 0 Å². The Morgan fingerprint density at radius 1 is 0.391 bits per heavy atom. The molecule has 2 aliphatic rings. The quantitative estimate of drug-likeness (QED) is 0.201. The van der Waals surface area contributed by atoms with Crippen LogP contribution in [-0.4, -0.2) is 0 Å². The van der Waals surface area contributed by atoms with Gasteiger partial charge in [0.2, 0.25) is 0 Å². The maximum Gasteiger partial charge on any atom is 0.135 e. The van der Waals surface area contributed by atoms with Gasteiger partial charge in [-0.2, -0.15) is 0 Å². The normalized spacial score (nSPS) is 15.7. The second-order valence-electron chi connectivity index (χ2n) is 12.4. The standard InChI is InChI=1S/C45H28O/c1-2-15-32(16-3-1)45(40-22-9-7-19-35(40)37-26-24-29-12-4-5-18-34(29)44(37)45)39-21-8-6-17-33(39)31-25-27-41-38(28-31)36-20-10-13-30-14-11-23-42(46-41)43(30)36/h1-28H. The van der Waals surface area contributed by atoms with E-state index in [0.29, 0.717) is 0 Å². The third-order valence-electron chi connectivity index (χ3n) is 10.1. The van der Waals surface area contributed by atoms with Crippen molar-refractivity contribution in [1.29, 1.82) is 0 Å². The van der Waals surface area contributed by atoms with E-state index in [1.165, 1.54) is 71.6 Å². The highest BCUT2D eigenvalue weighted by Crippen LogP contribution is 2.59. The van der Waals surface area contributed by atoms with Gasteiger partial charge in [0.05, 0.1) is 5.41 Å². The zero-order valence-corrected chi connectivity index (χ0v) is 25.1. The summed E-state index contributed by atoms with van der Waals surface area (Å²) in [7, 11) is 0. The number of rotatable bonds is 3. The summed E-state index contributed by atoms with van der Waals surface area (Å²) in [5.41, 5.74) is 12.0.